The summed E-state index contributed by atoms with van der Waals surface area (Å²) >= 11 is 12.7. The molecule has 1 atom stereocenters. The lowest BCUT2D eigenvalue weighted by Crippen LogP contribution is -2.50. The van der Waals surface area contributed by atoms with Gasteiger partial charge in [-0.1, -0.05) is 120 Å². The van der Waals surface area contributed by atoms with E-state index in [0.29, 0.717) is 16.5 Å². The number of hydrogen-bond donors (Lipinski definition) is 1. The zero-order valence-electron chi connectivity index (χ0n) is 21.2. The van der Waals surface area contributed by atoms with Gasteiger partial charge < -0.3 is 10.2 Å². The number of nitrogens with zero attached hydrogens (tertiary/aromatic N) is 1. The van der Waals surface area contributed by atoms with Crippen LogP contribution < -0.4 is 5.32 Å². The summed E-state index contributed by atoms with van der Waals surface area (Å²) in [5.41, 5.74) is 3.76. The summed E-state index contributed by atoms with van der Waals surface area (Å²) in [7, 11) is 1.59. The number of likely N-dealkylation sites (N-methyl/N-ethyl adjacent to an activating group) is 1. The summed E-state index contributed by atoms with van der Waals surface area (Å²) in [4.78, 5) is 29.1. The van der Waals surface area contributed by atoms with Crippen LogP contribution in [0.1, 0.15) is 34.6 Å². The van der Waals surface area contributed by atoms with Crippen molar-refractivity contribution in [1.29, 1.82) is 0 Å². The van der Waals surface area contributed by atoms with Gasteiger partial charge in [0.1, 0.15) is 6.04 Å². The molecule has 0 aliphatic carbocycles. The van der Waals surface area contributed by atoms with Crippen LogP contribution in [0, 0.1) is 0 Å². The van der Waals surface area contributed by atoms with Crippen molar-refractivity contribution in [3.8, 4) is 0 Å². The van der Waals surface area contributed by atoms with Gasteiger partial charge in [0.25, 0.3) is 0 Å². The molecule has 1 N–H and O–H groups in total. The highest BCUT2D eigenvalue weighted by molar-refractivity contribution is 6.35. The van der Waals surface area contributed by atoms with E-state index in [4.69, 9.17) is 23.2 Å². The van der Waals surface area contributed by atoms with Crippen molar-refractivity contribution in [3.63, 3.8) is 0 Å². The third-order valence-corrected chi connectivity index (χ3v) is 7.24. The number of carbonyl (C=O) groups excluding carboxylic acids is 2. The molecule has 6 heteroatoms. The molecule has 0 fully saturated rings. The number of hydrogen-bond acceptors (Lipinski definition) is 2. The fourth-order valence-corrected chi connectivity index (χ4v) is 5.11. The van der Waals surface area contributed by atoms with E-state index in [9.17, 15) is 9.59 Å². The number of halogens is 2. The Balaban J connectivity index is 1.73. The van der Waals surface area contributed by atoms with Crippen molar-refractivity contribution >= 4 is 35.0 Å². The van der Waals surface area contributed by atoms with Crippen LogP contribution in [0.5, 0.6) is 0 Å². The molecule has 4 aromatic rings. The summed E-state index contributed by atoms with van der Waals surface area (Å²) in [6.07, 6.45) is 0.570. The first-order valence-electron chi connectivity index (χ1n) is 12.5. The minimum Gasteiger partial charge on any atom is -0.357 e. The van der Waals surface area contributed by atoms with E-state index in [1.54, 1.807) is 30.1 Å². The number of nitrogens with one attached hydrogen (secondary N) is 1. The highest BCUT2D eigenvalue weighted by Gasteiger charge is 2.32. The van der Waals surface area contributed by atoms with Crippen LogP contribution in [0.15, 0.2) is 109 Å². The van der Waals surface area contributed by atoms with E-state index in [2.05, 4.69) is 5.32 Å². The van der Waals surface area contributed by atoms with Gasteiger partial charge in [-0.25, -0.2) is 0 Å². The van der Waals surface area contributed by atoms with Gasteiger partial charge in [0.15, 0.2) is 0 Å². The van der Waals surface area contributed by atoms with Gasteiger partial charge in [0.2, 0.25) is 11.8 Å². The van der Waals surface area contributed by atoms with E-state index in [1.807, 2.05) is 91.0 Å². The Morgan fingerprint density at radius 1 is 0.789 bits per heavy atom. The van der Waals surface area contributed by atoms with Crippen LogP contribution in [0.25, 0.3) is 0 Å². The standard InChI is InChI=1S/C32H30Cl2N2O2/c1-35-32(38)30(19-23-11-5-2-6-12-23)36(22-26-17-18-27(33)20-29(26)34)31(37)21-28(24-13-7-3-8-14-24)25-15-9-4-10-16-25/h2-18,20,28,30H,19,21-22H2,1H3,(H,35,38). The lowest BCUT2D eigenvalue weighted by atomic mass is 9.87. The topological polar surface area (TPSA) is 49.4 Å². The first kappa shape index (κ1) is 27.4. The molecule has 4 aromatic carbocycles. The van der Waals surface area contributed by atoms with Gasteiger partial charge >= 0.3 is 0 Å². The smallest absolute Gasteiger partial charge is 0.242 e. The summed E-state index contributed by atoms with van der Waals surface area (Å²) in [6, 6.07) is 34.2. The molecule has 0 saturated heterocycles. The van der Waals surface area contributed by atoms with Crippen molar-refractivity contribution in [2.45, 2.75) is 31.3 Å². The zero-order chi connectivity index (χ0) is 26.9. The molecule has 2 amide bonds. The molecule has 38 heavy (non-hydrogen) atoms. The Labute approximate surface area is 234 Å². The van der Waals surface area contributed by atoms with E-state index >= 15 is 0 Å². The fourth-order valence-electron chi connectivity index (χ4n) is 4.64. The molecule has 0 heterocycles. The average Bonchev–Trinajstić information content (AvgIpc) is 2.95. The molecule has 4 rings (SSSR count). The molecule has 0 saturated carbocycles. The highest BCUT2D eigenvalue weighted by atomic mass is 35.5. The minimum absolute atomic E-state index is 0.141. The number of benzene rings is 4. The number of amides is 2. The molecule has 194 valence electrons. The normalized spacial score (nSPS) is 11.7. The minimum atomic E-state index is -0.728. The maximum absolute atomic E-state index is 14.2. The second kappa shape index (κ2) is 13.3. The van der Waals surface area contributed by atoms with Crippen molar-refractivity contribution < 1.29 is 9.59 Å². The Hall–Kier alpha value is -3.60. The predicted octanol–water partition coefficient (Wildman–Crippen LogP) is 6.90. The Kier molecular flexibility index (Phi) is 9.58. The third-order valence-electron chi connectivity index (χ3n) is 6.66. The maximum Gasteiger partial charge on any atom is 0.242 e. The summed E-state index contributed by atoms with van der Waals surface area (Å²) in [5, 5.41) is 3.72. The molecule has 0 bridgehead atoms. The average molecular weight is 546 g/mol. The van der Waals surface area contributed by atoms with Gasteiger partial charge in [-0.05, 0) is 34.4 Å². The van der Waals surface area contributed by atoms with Crippen LogP contribution >= 0.6 is 23.2 Å². The predicted molar refractivity (Wildman–Crippen MR) is 154 cm³/mol. The van der Waals surface area contributed by atoms with E-state index in [-0.39, 0.29) is 30.7 Å². The molecule has 1 unspecified atom stereocenters. The Morgan fingerprint density at radius 2 is 1.34 bits per heavy atom. The molecule has 0 aliphatic heterocycles. The lowest BCUT2D eigenvalue weighted by Gasteiger charge is -2.33. The van der Waals surface area contributed by atoms with E-state index < -0.39 is 6.04 Å². The van der Waals surface area contributed by atoms with Crippen molar-refractivity contribution in [2.24, 2.45) is 0 Å². The largest absolute Gasteiger partial charge is 0.357 e. The summed E-state index contributed by atoms with van der Waals surface area (Å²) < 4.78 is 0. The maximum atomic E-state index is 14.2. The highest BCUT2D eigenvalue weighted by Crippen LogP contribution is 2.31. The molecular weight excluding hydrogens is 515 g/mol. The van der Waals surface area contributed by atoms with Crippen LogP contribution in [-0.4, -0.2) is 29.8 Å². The van der Waals surface area contributed by atoms with Gasteiger partial charge in [-0.3, -0.25) is 9.59 Å². The van der Waals surface area contributed by atoms with Crippen molar-refractivity contribution in [2.75, 3.05) is 7.05 Å². The van der Waals surface area contributed by atoms with Crippen LogP contribution in [0.2, 0.25) is 10.0 Å². The van der Waals surface area contributed by atoms with Crippen LogP contribution in [0.4, 0.5) is 0 Å². The fraction of sp³-hybridized carbons (Fsp3) is 0.188. The van der Waals surface area contributed by atoms with Crippen molar-refractivity contribution in [1.82, 2.24) is 10.2 Å². The second-order valence-corrected chi connectivity index (χ2v) is 10.00. The molecular formula is C32H30Cl2N2O2. The zero-order valence-corrected chi connectivity index (χ0v) is 22.7. The van der Waals surface area contributed by atoms with Gasteiger partial charge in [0.05, 0.1) is 0 Å². The molecule has 0 radical (unpaired) electrons. The van der Waals surface area contributed by atoms with Gasteiger partial charge in [-0.2, -0.15) is 0 Å². The molecule has 0 aliphatic rings. The quantitative estimate of drug-likeness (QED) is 0.236. The summed E-state index contributed by atoms with van der Waals surface area (Å²) in [5.74, 6) is -0.545. The SMILES string of the molecule is CNC(=O)C(Cc1ccccc1)N(Cc1ccc(Cl)cc1Cl)C(=O)CC(c1ccccc1)c1ccccc1. The third kappa shape index (κ3) is 7.03. The monoisotopic (exact) mass is 544 g/mol. The lowest BCUT2D eigenvalue weighted by molar-refractivity contribution is -0.141. The molecule has 0 aromatic heterocycles. The van der Waals surface area contributed by atoms with E-state index in [1.165, 1.54) is 0 Å². The summed E-state index contributed by atoms with van der Waals surface area (Å²) in [6.45, 7) is 0.177. The second-order valence-electron chi connectivity index (χ2n) is 9.16. The van der Waals surface area contributed by atoms with Gasteiger partial charge in [0, 0.05) is 42.4 Å². The number of carbonyl (C=O) groups is 2. The Morgan fingerprint density at radius 3 is 1.87 bits per heavy atom. The van der Waals surface area contributed by atoms with Crippen LogP contribution in [0.3, 0.4) is 0 Å². The van der Waals surface area contributed by atoms with Crippen LogP contribution in [-0.2, 0) is 22.6 Å². The van der Waals surface area contributed by atoms with E-state index in [0.717, 1.165) is 22.3 Å². The first-order chi connectivity index (χ1) is 18.5. The first-order valence-corrected chi connectivity index (χ1v) is 13.3. The van der Waals surface area contributed by atoms with Crippen molar-refractivity contribution in [3.05, 3.63) is 141 Å². The Bertz CT molecular complexity index is 1310. The number of rotatable bonds is 10. The van der Waals surface area contributed by atoms with Gasteiger partial charge in [-0.15, -0.1) is 0 Å². The molecule has 0 spiro atoms. The molecule has 4 nitrogen and oxygen atoms in total.